The van der Waals surface area contributed by atoms with E-state index in [9.17, 15) is 27.9 Å². The summed E-state index contributed by atoms with van der Waals surface area (Å²) in [6, 6.07) is 9.47. The number of nitrogens with one attached hydrogen (secondary N) is 2. The molecule has 0 aliphatic rings. The Kier molecular flexibility index (Phi) is 6.06. The molecule has 0 aliphatic carbocycles. The number of para-hydroxylation sites is 1. The summed E-state index contributed by atoms with van der Waals surface area (Å²) in [5.74, 6) is -2.42. The van der Waals surface area contributed by atoms with Crippen LogP contribution in [0.3, 0.4) is 0 Å². The number of aliphatic hydroxyl groups is 1. The lowest BCUT2D eigenvalue weighted by Crippen LogP contribution is -2.44. The molecule has 3 aromatic rings. The molecular formula is C19H15F3N2O3S2. The van der Waals surface area contributed by atoms with E-state index in [-0.39, 0.29) is 6.54 Å². The van der Waals surface area contributed by atoms with Crippen LogP contribution in [0.5, 0.6) is 0 Å². The Morgan fingerprint density at radius 1 is 1.00 bits per heavy atom. The summed E-state index contributed by atoms with van der Waals surface area (Å²) in [5.41, 5.74) is -2.61. The molecule has 0 radical (unpaired) electrons. The van der Waals surface area contributed by atoms with Crippen molar-refractivity contribution >= 4 is 40.2 Å². The predicted molar refractivity (Wildman–Crippen MR) is 105 cm³/mol. The summed E-state index contributed by atoms with van der Waals surface area (Å²) in [6.07, 6.45) is -4.68. The van der Waals surface area contributed by atoms with E-state index in [2.05, 4.69) is 5.32 Å². The maximum Gasteiger partial charge on any atom is 0.418 e. The van der Waals surface area contributed by atoms with Gasteiger partial charge in [-0.05, 0) is 40.4 Å². The third-order valence-electron chi connectivity index (χ3n) is 4.12. The van der Waals surface area contributed by atoms with Gasteiger partial charge in [0.2, 0.25) is 0 Å². The number of anilines is 1. The molecule has 5 nitrogen and oxygen atoms in total. The van der Waals surface area contributed by atoms with Crippen LogP contribution >= 0.6 is 22.7 Å². The summed E-state index contributed by atoms with van der Waals surface area (Å²) in [7, 11) is 0. The molecular weight excluding hydrogens is 425 g/mol. The van der Waals surface area contributed by atoms with Gasteiger partial charge in [-0.2, -0.15) is 24.5 Å². The number of benzene rings is 1. The van der Waals surface area contributed by atoms with Gasteiger partial charge in [0.25, 0.3) is 0 Å². The lowest BCUT2D eigenvalue weighted by Gasteiger charge is -2.26. The number of rotatable bonds is 5. The van der Waals surface area contributed by atoms with Gasteiger partial charge in [0.05, 0.1) is 17.8 Å². The molecule has 29 heavy (non-hydrogen) atoms. The van der Waals surface area contributed by atoms with Crippen molar-refractivity contribution in [2.75, 3.05) is 11.9 Å². The van der Waals surface area contributed by atoms with Crippen LogP contribution in [0, 0.1) is 0 Å². The zero-order valence-electron chi connectivity index (χ0n) is 14.7. The fraction of sp³-hybridized carbons (Fsp3) is 0.158. The van der Waals surface area contributed by atoms with Gasteiger partial charge in [0, 0.05) is 10.4 Å². The van der Waals surface area contributed by atoms with Crippen molar-refractivity contribution in [1.29, 1.82) is 0 Å². The Morgan fingerprint density at radius 3 is 2.38 bits per heavy atom. The first-order valence-corrected chi connectivity index (χ1v) is 10.1. The minimum atomic E-state index is -4.68. The summed E-state index contributed by atoms with van der Waals surface area (Å²) in [4.78, 5) is 24.9. The van der Waals surface area contributed by atoms with Crippen molar-refractivity contribution in [1.82, 2.24) is 5.32 Å². The first-order chi connectivity index (χ1) is 13.7. The number of hydrogen-bond acceptors (Lipinski definition) is 5. The van der Waals surface area contributed by atoms with E-state index in [1.54, 1.807) is 34.3 Å². The molecule has 152 valence electrons. The van der Waals surface area contributed by atoms with Crippen LogP contribution in [0.4, 0.5) is 18.9 Å². The zero-order valence-corrected chi connectivity index (χ0v) is 16.3. The number of hydrogen-bond donors (Lipinski definition) is 3. The van der Waals surface area contributed by atoms with Gasteiger partial charge in [-0.25, -0.2) is 0 Å². The van der Waals surface area contributed by atoms with Crippen molar-refractivity contribution in [3.8, 4) is 0 Å². The number of alkyl halides is 3. The maximum absolute atomic E-state index is 13.0. The molecule has 0 bridgehead atoms. The van der Waals surface area contributed by atoms with Crippen LogP contribution < -0.4 is 10.6 Å². The van der Waals surface area contributed by atoms with E-state index in [4.69, 9.17) is 0 Å². The highest BCUT2D eigenvalue weighted by Gasteiger charge is 2.36. The lowest BCUT2D eigenvalue weighted by atomic mass is 9.94. The topological polar surface area (TPSA) is 78.4 Å². The van der Waals surface area contributed by atoms with Crippen LogP contribution in [0.25, 0.3) is 0 Å². The van der Waals surface area contributed by atoms with Crippen LogP contribution in [0.2, 0.25) is 0 Å². The van der Waals surface area contributed by atoms with E-state index < -0.39 is 34.8 Å². The van der Waals surface area contributed by atoms with Crippen molar-refractivity contribution in [2.24, 2.45) is 0 Å². The lowest BCUT2D eigenvalue weighted by molar-refractivity contribution is -0.138. The summed E-state index contributed by atoms with van der Waals surface area (Å²) < 4.78 is 39.1. The van der Waals surface area contributed by atoms with Gasteiger partial charge in [-0.3, -0.25) is 9.59 Å². The van der Waals surface area contributed by atoms with Gasteiger partial charge in [0.1, 0.15) is 5.60 Å². The largest absolute Gasteiger partial charge is 0.418 e. The molecule has 3 N–H and O–H groups in total. The van der Waals surface area contributed by atoms with Crippen LogP contribution in [0.1, 0.15) is 16.0 Å². The molecule has 0 fully saturated rings. The standard InChI is InChI=1S/C19H15F3N2O3S2/c20-19(21,22)13-4-1-2-5-14(13)24-17(26)16(25)23-11-18(27,12-7-9-28-10-12)15-6-3-8-29-15/h1-10,27H,11H2,(H,23,25)(H,24,26)/t18-/m0/s1. The second-order valence-electron chi connectivity index (χ2n) is 6.03. The highest BCUT2D eigenvalue weighted by atomic mass is 32.1. The predicted octanol–water partition coefficient (Wildman–Crippen LogP) is 3.82. The fourth-order valence-electron chi connectivity index (χ4n) is 2.65. The van der Waals surface area contributed by atoms with Gasteiger partial charge in [-0.15, -0.1) is 11.3 Å². The minimum Gasteiger partial charge on any atom is -0.378 e. The van der Waals surface area contributed by atoms with Crippen molar-refractivity contribution < 1.29 is 27.9 Å². The molecule has 3 rings (SSSR count). The molecule has 10 heteroatoms. The Morgan fingerprint density at radius 2 is 1.76 bits per heavy atom. The first-order valence-electron chi connectivity index (χ1n) is 8.26. The quantitative estimate of drug-likeness (QED) is 0.528. The van der Waals surface area contributed by atoms with Crippen molar-refractivity contribution in [3.05, 3.63) is 74.6 Å². The molecule has 0 saturated carbocycles. The molecule has 2 amide bonds. The van der Waals surface area contributed by atoms with Crippen molar-refractivity contribution in [3.63, 3.8) is 0 Å². The van der Waals surface area contributed by atoms with E-state index in [0.29, 0.717) is 10.4 Å². The second kappa shape index (κ2) is 8.36. The average molecular weight is 440 g/mol. The Labute approximate surface area is 171 Å². The van der Waals surface area contributed by atoms with Crippen molar-refractivity contribution in [2.45, 2.75) is 11.8 Å². The Hall–Kier alpha value is -2.69. The third-order valence-corrected chi connectivity index (χ3v) is 5.82. The summed E-state index contributed by atoms with van der Waals surface area (Å²) in [5, 5.41) is 20.6. The van der Waals surface area contributed by atoms with E-state index in [1.165, 1.54) is 34.8 Å². The maximum atomic E-state index is 13.0. The smallest absolute Gasteiger partial charge is 0.378 e. The molecule has 0 spiro atoms. The van der Waals surface area contributed by atoms with Gasteiger partial charge < -0.3 is 15.7 Å². The third kappa shape index (κ3) is 4.66. The normalized spacial score (nSPS) is 13.5. The van der Waals surface area contributed by atoms with E-state index in [1.807, 2.05) is 5.32 Å². The minimum absolute atomic E-state index is 0.322. The molecule has 0 unspecified atom stereocenters. The Balaban J connectivity index is 1.73. The summed E-state index contributed by atoms with van der Waals surface area (Å²) in [6.45, 7) is -0.322. The van der Waals surface area contributed by atoms with Gasteiger partial charge in [0.15, 0.2) is 0 Å². The molecule has 2 heterocycles. The SMILES string of the molecule is O=C(NC[C@](O)(c1ccsc1)c1cccs1)C(=O)Nc1ccccc1C(F)(F)F. The number of amides is 2. The number of carbonyl (C=O) groups is 2. The number of halogens is 3. The molecule has 1 atom stereocenters. The summed E-state index contributed by atoms with van der Waals surface area (Å²) >= 11 is 2.63. The molecule has 1 aromatic carbocycles. The van der Waals surface area contributed by atoms with Gasteiger partial charge >= 0.3 is 18.0 Å². The zero-order chi connectivity index (χ0) is 21.1. The molecule has 0 aliphatic heterocycles. The number of carbonyl (C=O) groups excluding carboxylic acids is 2. The first kappa shape index (κ1) is 21.0. The number of thiophene rings is 2. The highest BCUT2D eigenvalue weighted by molar-refractivity contribution is 7.10. The van der Waals surface area contributed by atoms with Gasteiger partial charge in [-0.1, -0.05) is 18.2 Å². The fourth-order valence-corrected chi connectivity index (χ4v) is 4.22. The Bertz CT molecular complexity index is 952. The molecule has 0 saturated heterocycles. The van der Waals surface area contributed by atoms with Crippen LogP contribution in [-0.4, -0.2) is 23.5 Å². The monoisotopic (exact) mass is 440 g/mol. The van der Waals surface area contributed by atoms with Crippen LogP contribution in [-0.2, 0) is 21.4 Å². The highest BCUT2D eigenvalue weighted by Crippen LogP contribution is 2.35. The second-order valence-corrected chi connectivity index (χ2v) is 7.76. The van der Waals surface area contributed by atoms with Crippen LogP contribution in [0.15, 0.2) is 58.6 Å². The van der Waals surface area contributed by atoms with E-state index in [0.717, 1.165) is 12.1 Å². The molecule has 2 aromatic heterocycles. The van der Waals surface area contributed by atoms with E-state index >= 15 is 0 Å². The average Bonchev–Trinajstić information content (AvgIpc) is 3.39.